The van der Waals surface area contributed by atoms with E-state index >= 15 is 0 Å². The lowest BCUT2D eigenvalue weighted by Gasteiger charge is -2.35. The van der Waals surface area contributed by atoms with E-state index in [-0.39, 0.29) is 18.6 Å². The van der Waals surface area contributed by atoms with Gasteiger partial charge in [-0.2, -0.15) is 0 Å². The third kappa shape index (κ3) is 6.08. The maximum absolute atomic E-state index is 11.9. The van der Waals surface area contributed by atoms with Crippen LogP contribution in [-0.4, -0.2) is 48.8 Å². The summed E-state index contributed by atoms with van der Waals surface area (Å²) in [6, 6.07) is 8.50. The maximum Gasteiger partial charge on any atom is 0.246 e. The van der Waals surface area contributed by atoms with Crippen LogP contribution in [0.5, 0.6) is 0 Å². The molecule has 2 fully saturated rings. The third-order valence-electron chi connectivity index (χ3n) is 5.17. The Bertz CT molecular complexity index is 559. The molecule has 0 unspecified atom stereocenters. The fourth-order valence-corrected chi connectivity index (χ4v) is 3.93. The number of amides is 1. The number of ether oxygens (including phenoxy) is 2. The summed E-state index contributed by atoms with van der Waals surface area (Å²) in [5.41, 5.74) is 2.41. The molecule has 1 saturated carbocycles. The van der Waals surface area contributed by atoms with Crippen LogP contribution in [0.4, 0.5) is 0 Å². The summed E-state index contributed by atoms with van der Waals surface area (Å²) in [6.07, 6.45) is 5.50. The van der Waals surface area contributed by atoms with E-state index in [9.17, 15) is 4.79 Å². The second-order valence-corrected chi connectivity index (χ2v) is 7.76. The third-order valence-corrected chi connectivity index (χ3v) is 5.17. The van der Waals surface area contributed by atoms with Crippen LogP contribution in [0.1, 0.15) is 50.7 Å². The van der Waals surface area contributed by atoms with Gasteiger partial charge in [-0.15, -0.1) is 0 Å². The van der Waals surface area contributed by atoms with Crippen molar-refractivity contribution in [1.82, 2.24) is 10.2 Å². The number of hydrogen-bond donors (Lipinski definition) is 1. The topological polar surface area (TPSA) is 50.8 Å². The van der Waals surface area contributed by atoms with Gasteiger partial charge in [-0.05, 0) is 37.8 Å². The minimum absolute atomic E-state index is 0.0303. The van der Waals surface area contributed by atoms with Crippen molar-refractivity contribution in [2.24, 2.45) is 0 Å². The Morgan fingerprint density at radius 3 is 2.38 bits per heavy atom. The van der Waals surface area contributed by atoms with E-state index in [1.54, 1.807) is 0 Å². The number of rotatable bonds is 7. The van der Waals surface area contributed by atoms with Crippen molar-refractivity contribution in [3.63, 3.8) is 0 Å². The normalized spacial score (nSPS) is 24.7. The molecule has 1 aromatic carbocycles. The monoisotopic (exact) mass is 360 g/mol. The van der Waals surface area contributed by atoms with Crippen molar-refractivity contribution < 1.29 is 14.3 Å². The maximum atomic E-state index is 11.9. The fourth-order valence-electron chi connectivity index (χ4n) is 3.93. The van der Waals surface area contributed by atoms with Crippen molar-refractivity contribution in [2.45, 2.75) is 70.9 Å². The molecule has 1 aliphatic carbocycles. The van der Waals surface area contributed by atoms with Crippen LogP contribution in [-0.2, 0) is 27.4 Å². The first-order chi connectivity index (χ1) is 12.6. The van der Waals surface area contributed by atoms with Gasteiger partial charge in [0.15, 0.2) is 0 Å². The van der Waals surface area contributed by atoms with Gasteiger partial charge in [-0.3, -0.25) is 9.69 Å². The summed E-state index contributed by atoms with van der Waals surface area (Å²) in [5.74, 6) is -0.0303. The molecule has 2 atom stereocenters. The Balaban J connectivity index is 1.39. The molecular formula is C21H32N2O3. The number of hydrogen-bond acceptors (Lipinski definition) is 4. The quantitative estimate of drug-likeness (QED) is 0.812. The lowest BCUT2D eigenvalue weighted by molar-refractivity contribution is -0.127. The van der Waals surface area contributed by atoms with Crippen molar-refractivity contribution >= 4 is 5.91 Å². The molecule has 3 rings (SSSR count). The second-order valence-electron chi connectivity index (χ2n) is 7.76. The molecular weight excluding hydrogens is 328 g/mol. The zero-order valence-corrected chi connectivity index (χ0v) is 16.1. The summed E-state index contributed by atoms with van der Waals surface area (Å²) in [7, 11) is 0. The zero-order chi connectivity index (χ0) is 18.4. The Morgan fingerprint density at radius 1 is 1.12 bits per heavy atom. The molecule has 2 aliphatic rings. The minimum atomic E-state index is -0.0303. The van der Waals surface area contributed by atoms with Crippen molar-refractivity contribution in [1.29, 1.82) is 0 Å². The minimum Gasteiger partial charge on any atom is -0.373 e. The van der Waals surface area contributed by atoms with Gasteiger partial charge in [0.05, 0.1) is 18.3 Å². The van der Waals surface area contributed by atoms with E-state index in [0.717, 1.165) is 38.0 Å². The summed E-state index contributed by atoms with van der Waals surface area (Å²) < 4.78 is 11.4. The highest BCUT2D eigenvalue weighted by atomic mass is 16.5. The highest BCUT2D eigenvalue weighted by Crippen LogP contribution is 2.20. The number of carbonyl (C=O) groups excluding carboxylic acids is 1. The molecule has 1 amide bonds. The van der Waals surface area contributed by atoms with E-state index in [4.69, 9.17) is 9.47 Å². The van der Waals surface area contributed by atoms with Crippen molar-refractivity contribution in [3.8, 4) is 0 Å². The average Bonchev–Trinajstić information content (AvgIpc) is 3.12. The molecule has 1 N–H and O–H groups in total. The Kier molecular flexibility index (Phi) is 7.06. The molecule has 26 heavy (non-hydrogen) atoms. The molecule has 1 saturated heterocycles. The van der Waals surface area contributed by atoms with Crippen LogP contribution in [0.3, 0.4) is 0 Å². The lowest BCUT2D eigenvalue weighted by Crippen LogP contribution is -2.44. The smallest absolute Gasteiger partial charge is 0.246 e. The van der Waals surface area contributed by atoms with E-state index in [1.165, 1.54) is 18.4 Å². The van der Waals surface area contributed by atoms with Crippen LogP contribution in [0.2, 0.25) is 0 Å². The van der Waals surface area contributed by atoms with E-state index in [0.29, 0.717) is 18.8 Å². The summed E-state index contributed by atoms with van der Waals surface area (Å²) in [6.45, 7) is 7.89. The van der Waals surface area contributed by atoms with Gasteiger partial charge in [0.25, 0.3) is 0 Å². The predicted octanol–water partition coefficient (Wildman–Crippen LogP) is 2.87. The summed E-state index contributed by atoms with van der Waals surface area (Å²) >= 11 is 0. The number of morpholine rings is 1. The second kappa shape index (κ2) is 9.49. The number of nitrogens with one attached hydrogen (secondary N) is 1. The van der Waals surface area contributed by atoms with E-state index in [1.807, 2.05) is 0 Å². The Hall–Kier alpha value is -1.43. The van der Waals surface area contributed by atoms with Gasteiger partial charge >= 0.3 is 0 Å². The lowest BCUT2D eigenvalue weighted by atomic mass is 10.1. The van der Waals surface area contributed by atoms with E-state index in [2.05, 4.69) is 48.3 Å². The fraction of sp³-hybridized carbons (Fsp3) is 0.667. The van der Waals surface area contributed by atoms with Gasteiger partial charge in [-0.25, -0.2) is 0 Å². The molecule has 5 heteroatoms. The summed E-state index contributed by atoms with van der Waals surface area (Å²) in [5, 5.41) is 2.94. The first kappa shape index (κ1) is 19.3. The van der Waals surface area contributed by atoms with Gasteiger partial charge < -0.3 is 14.8 Å². The van der Waals surface area contributed by atoms with Crippen molar-refractivity contribution in [3.05, 3.63) is 35.4 Å². The van der Waals surface area contributed by atoms with Gasteiger partial charge in [-0.1, -0.05) is 37.1 Å². The first-order valence-corrected chi connectivity index (χ1v) is 9.92. The molecule has 1 heterocycles. The number of benzene rings is 1. The van der Waals surface area contributed by atoms with Gasteiger partial charge in [0.1, 0.15) is 6.61 Å². The van der Waals surface area contributed by atoms with Gasteiger partial charge in [0, 0.05) is 26.2 Å². The van der Waals surface area contributed by atoms with Crippen LogP contribution in [0, 0.1) is 0 Å². The molecule has 0 aromatic heterocycles. The average molecular weight is 360 g/mol. The molecule has 0 bridgehead atoms. The molecule has 144 valence electrons. The molecule has 5 nitrogen and oxygen atoms in total. The zero-order valence-electron chi connectivity index (χ0n) is 16.1. The molecule has 1 aliphatic heterocycles. The van der Waals surface area contributed by atoms with Crippen LogP contribution < -0.4 is 5.32 Å². The molecule has 0 radical (unpaired) electrons. The highest BCUT2D eigenvalue weighted by molar-refractivity contribution is 5.77. The van der Waals surface area contributed by atoms with Crippen LogP contribution in [0.25, 0.3) is 0 Å². The molecule has 1 aromatic rings. The number of carbonyl (C=O) groups is 1. The highest BCUT2D eigenvalue weighted by Gasteiger charge is 2.22. The van der Waals surface area contributed by atoms with E-state index < -0.39 is 0 Å². The first-order valence-electron chi connectivity index (χ1n) is 9.92. The Morgan fingerprint density at radius 2 is 1.73 bits per heavy atom. The molecule has 0 spiro atoms. The van der Waals surface area contributed by atoms with Crippen LogP contribution in [0.15, 0.2) is 24.3 Å². The SMILES string of the molecule is C[C@@H]1CN(Cc2ccc(CNC(=O)COC3CCCC3)cc2)C[C@@H](C)O1. The summed E-state index contributed by atoms with van der Waals surface area (Å²) in [4.78, 5) is 14.4. The van der Waals surface area contributed by atoms with Crippen molar-refractivity contribution in [2.75, 3.05) is 19.7 Å². The van der Waals surface area contributed by atoms with Crippen LogP contribution >= 0.6 is 0 Å². The standard InChI is InChI=1S/C21H32N2O3/c1-16-12-23(13-17(2)26-16)14-19-9-7-18(8-10-19)11-22-21(24)15-25-20-5-3-4-6-20/h7-10,16-17,20H,3-6,11-15H2,1-2H3,(H,22,24)/t16-,17-/m1/s1. The van der Waals surface area contributed by atoms with Gasteiger partial charge in [0.2, 0.25) is 5.91 Å². The number of nitrogens with zero attached hydrogens (tertiary/aromatic N) is 1. The Labute approximate surface area is 157 Å². The predicted molar refractivity (Wildman–Crippen MR) is 102 cm³/mol. The largest absolute Gasteiger partial charge is 0.373 e.